The van der Waals surface area contributed by atoms with Crippen molar-refractivity contribution >= 4 is 11.4 Å². The summed E-state index contributed by atoms with van der Waals surface area (Å²) in [5.74, 6) is 0.451. The Balaban J connectivity index is 2.40. The van der Waals surface area contributed by atoms with Gasteiger partial charge in [0, 0.05) is 6.54 Å². The molecule has 0 aliphatic rings. The first-order valence-electron chi connectivity index (χ1n) is 5.38. The smallest absolute Gasteiger partial charge is 0.125 e. The number of hydrogen-bond acceptors (Lipinski definition) is 2. The quantitative estimate of drug-likeness (QED) is 0.578. The number of nitrogen functional groups attached to an aromatic ring is 1. The lowest BCUT2D eigenvalue weighted by atomic mass is 10.1. The van der Waals surface area contributed by atoms with Crippen LogP contribution in [0.5, 0.6) is 0 Å². The zero-order valence-electron chi connectivity index (χ0n) is 9.39. The Morgan fingerprint density at radius 3 is 2.80 bits per heavy atom. The number of halogens is 1. The van der Waals surface area contributed by atoms with Gasteiger partial charge in [-0.25, -0.2) is 4.39 Å². The first-order chi connectivity index (χ1) is 7.09. The van der Waals surface area contributed by atoms with Crippen molar-refractivity contribution in [1.29, 1.82) is 0 Å². The van der Waals surface area contributed by atoms with Crippen LogP contribution in [0.2, 0.25) is 0 Å². The molecule has 0 fully saturated rings. The molecule has 0 aliphatic heterocycles. The van der Waals surface area contributed by atoms with Gasteiger partial charge >= 0.3 is 0 Å². The van der Waals surface area contributed by atoms with Crippen LogP contribution in [0.15, 0.2) is 18.2 Å². The fourth-order valence-electron chi connectivity index (χ4n) is 1.41. The Hall–Kier alpha value is -1.25. The van der Waals surface area contributed by atoms with Crippen molar-refractivity contribution in [1.82, 2.24) is 0 Å². The summed E-state index contributed by atoms with van der Waals surface area (Å²) in [6.45, 7) is 5.22. The number of benzene rings is 1. The summed E-state index contributed by atoms with van der Waals surface area (Å²) >= 11 is 0. The Bertz CT molecular complexity index is 310. The third-order valence-electron chi connectivity index (χ3n) is 2.29. The number of hydrogen-bond donors (Lipinski definition) is 2. The first-order valence-corrected chi connectivity index (χ1v) is 5.38. The first kappa shape index (κ1) is 11.8. The molecular weight excluding hydrogens is 191 g/mol. The summed E-state index contributed by atoms with van der Waals surface area (Å²) in [6, 6.07) is 4.39. The largest absolute Gasteiger partial charge is 0.397 e. The molecule has 0 saturated heterocycles. The topological polar surface area (TPSA) is 38.0 Å². The predicted octanol–water partition coefficient (Wildman–Crippen LogP) is 3.26. The highest BCUT2D eigenvalue weighted by atomic mass is 19.1. The zero-order chi connectivity index (χ0) is 11.3. The predicted molar refractivity (Wildman–Crippen MR) is 63.4 cm³/mol. The Morgan fingerprint density at radius 2 is 2.13 bits per heavy atom. The van der Waals surface area contributed by atoms with Crippen LogP contribution in [0, 0.1) is 11.7 Å². The minimum Gasteiger partial charge on any atom is -0.397 e. The van der Waals surface area contributed by atoms with E-state index in [-0.39, 0.29) is 5.82 Å². The Morgan fingerprint density at radius 1 is 1.40 bits per heavy atom. The molecule has 2 nitrogen and oxygen atoms in total. The highest BCUT2D eigenvalue weighted by molar-refractivity contribution is 5.65. The van der Waals surface area contributed by atoms with Crippen LogP contribution in [0.25, 0.3) is 0 Å². The minimum absolute atomic E-state index is 0.254. The SMILES string of the molecule is CC(C)CCCNc1cc(F)ccc1N. The molecule has 0 aromatic heterocycles. The van der Waals surface area contributed by atoms with E-state index in [9.17, 15) is 4.39 Å². The second-order valence-corrected chi connectivity index (χ2v) is 4.19. The highest BCUT2D eigenvalue weighted by Crippen LogP contribution is 2.19. The average molecular weight is 210 g/mol. The van der Waals surface area contributed by atoms with E-state index in [1.165, 1.54) is 18.6 Å². The lowest BCUT2D eigenvalue weighted by Crippen LogP contribution is -2.05. The third-order valence-corrected chi connectivity index (χ3v) is 2.29. The van der Waals surface area contributed by atoms with Crippen molar-refractivity contribution in [3.63, 3.8) is 0 Å². The highest BCUT2D eigenvalue weighted by Gasteiger charge is 2.00. The van der Waals surface area contributed by atoms with Gasteiger partial charge in [0.25, 0.3) is 0 Å². The van der Waals surface area contributed by atoms with Gasteiger partial charge < -0.3 is 11.1 Å². The second-order valence-electron chi connectivity index (χ2n) is 4.19. The number of rotatable bonds is 5. The third kappa shape index (κ3) is 4.19. The van der Waals surface area contributed by atoms with Crippen LogP contribution >= 0.6 is 0 Å². The van der Waals surface area contributed by atoms with E-state index in [1.807, 2.05) is 0 Å². The number of nitrogens with one attached hydrogen (secondary N) is 1. The van der Waals surface area contributed by atoms with Crippen molar-refractivity contribution in [3.8, 4) is 0 Å². The maximum absolute atomic E-state index is 12.9. The van der Waals surface area contributed by atoms with Gasteiger partial charge in [-0.1, -0.05) is 13.8 Å². The van der Waals surface area contributed by atoms with E-state index in [0.29, 0.717) is 17.3 Å². The van der Waals surface area contributed by atoms with Crippen LogP contribution in [0.1, 0.15) is 26.7 Å². The van der Waals surface area contributed by atoms with Gasteiger partial charge in [0.2, 0.25) is 0 Å². The normalized spacial score (nSPS) is 10.7. The number of nitrogens with two attached hydrogens (primary N) is 1. The lowest BCUT2D eigenvalue weighted by Gasteiger charge is -2.10. The molecule has 0 atom stereocenters. The molecule has 3 heteroatoms. The average Bonchev–Trinajstić information content (AvgIpc) is 2.17. The van der Waals surface area contributed by atoms with Crippen molar-refractivity contribution in [3.05, 3.63) is 24.0 Å². The summed E-state index contributed by atoms with van der Waals surface area (Å²) in [7, 11) is 0. The van der Waals surface area contributed by atoms with Crippen molar-refractivity contribution in [2.75, 3.05) is 17.6 Å². The molecule has 84 valence electrons. The molecule has 1 rings (SSSR count). The summed E-state index contributed by atoms with van der Waals surface area (Å²) in [4.78, 5) is 0. The van der Waals surface area contributed by atoms with Gasteiger partial charge in [-0.2, -0.15) is 0 Å². The molecule has 0 amide bonds. The fraction of sp³-hybridized carbons (Fsp3) is 0.500. The summed E-state index contributed by atoms with van der Waals surface area (Å²) < 4.78 is 12.9. The molecule has 1 aromatic rings. The zero-order valence-corrected chi connectivity index (χ0v) is 9.39. The molecule has 0 heterocycles. The van der Waals surface area contributed by atoms with Crippen LogP contribution in [0.4, 0.5) is 15.8 Å². The van der Waals surface area contributed by atoms with Gasteiger partial charge in [-0.3, -0.25) is 0 Å². The van der Waals surface area contributed by atoms with Gasteiger partial charge in [0.1, 0.15) is 5.82 Å². The van der Waals surface area contributed by atoms with Crippen molar-refractivity contribution in [2.24, 2.45) is 5.92 Å². The summed E-state index contributed by atoms with van der Waals surface area (Å²) in [6.07, 6.45) is 2.25. The fourth-order valence-corrected chi connectivity index (χ4v) is 1.41. The molecule has 0 spiro atoms. The Labute approximate surface area is 90.7 Å². The molecule has 15 heavy (non-hydrogen) atoms. The molecule has 0 bridgehead atoms. The Kier molecular flexibility index (Phi) is 4.40. The minimum atomic E-state index is -0.254. The van der Waals surface area contributed by atoms with E-state index in [2.05, 4.69) is 19.2 Å². The van der Waals surface area contributed by atoms with Crippen molar-refractivity contribution < 1.29 is 4.39 Å². The van der Waals surface area contributed by atoms with E-state index >= 15 is 0 Å². The van der Waals surface area contributed by atoms with Gasteiger partial charge in [0.15, 0.2) is 0 Å². The summed E-state index contributed by atoms with van der Waals surface area (Å²) in [5, 5.41) is 3.14. The van der Waals surface area contributed by atoms with Gasteiger partial charge in [-0.05, 0) is 37.0 Å². The van der Waals surface area contributed by atoms with E-state index in [1.54, 1.807) is 6.07 Å². The van der Waals surface area contributed by atoms with Gasteiger partial charge in [-0.15, -0.1) is 0 Å². The monoisotopic (exact) mass is 210 g/mol. The molecule has 0 unspecified atom stereocenters. The second kappa shape index (κ2) is 5.59. The maximum atomic E-state index is 12.9. The van der Waals surface area contributed by atoms with Crippen LogP contribution < -0.4 is 11.1 Å². The van der Waals surface area contributed by atoms with Crippen LogP contribution in [-0.4, -0.2) is 6.54 Å². The number of anilines is 2. The molecule has 0 aliphatic carbocycles. The maximum Gasteiger partial charge on any atom is 0.125 e. The van der Waals surface area contributed by atoms with Crippen LogP contribution in [-0.2, 0) is 0 Å². The molecule has 1 aromatic carbocycles. The summed E-state index contributed by atoms with van der Waals surface area (Å²) in [5.41, 5.74) is 6.99. The van der Waals surface area contributed by atoms with E-state index in [4.69, 9.17) is 5.73 Å². The molecule has 0 saturated carbocycles. The van der Waals surface area contributed by atoms with E-state index < -0.39 is 0 Å². The van der Waals surface area contributed by atoms with E-state index in [0.717, 1.165) is 13.0 Å². The van der Waals surface area contributed by atoms with Crippen LogP contribution in [0.3, 0.4) is 0 Å². The lowest BCUT2D eigenvalue weighted by molar-refractivity contribution is 0.567. The molecular formula is C12H19FN2. The molecule has 0 radical (unpaired) electrons. The van der Waals surface area contributed by atoms with Gasteiger partial charge in [0.05, 0.1) is 11.4 Å². The molecule has 3 N–H and O–H groups in total. The van der Waals surface area contributed by atoms with Crippen molar-refractivity contribution in [2.45, 2.75) is 26.7 Å². The standard InChI is InChI=1S/C12H19FN2/c1-9(2)4-3-7-15-12-8-10(13)5-6-11(12)14/h5-6,8-9,15H,3-4,7,14H2,1-2H3.